The molecule has 1 aliphatic heterocycles. The Morgan fingerprint density at radius 2 is 1.89 bits per heavy atom. The molecule has 3 fully saturated rings. The summed E-state index contributed by atoms with van der Waals surface area (Å²) in [4.78, 5) is 41.6. The van der Waals surface area contributed by atoms with E-state index in [-0.39, 0.29) is 41.4 Å². The van der Waals surface area contributed by atoms with E-state index < -0.39 is 29.1 Å². The Kier molecular flexibility index (Phi) is 5.98. The minimum atomic E-state index is -0.717. The number of Topliss-reactive ketones (excluding diaryl/α,β-unsaturated/α-hetero) is 1. The van der Waals surface area contributed by atoms with Crippen molar-refractivity contribution in [1.29, 1.82) is 0 Å². The van der Waals surface area contributed by atoms with E-state index in [1.807, 2.05) is 19.1 Å². The number of ether oxygens (including phenoxy) is 1. The van der Waals surface area contributed by atoms with Gasteiger partial charge in [-0.05, 0) is 61.0 Å². The van der Waals surface area contributed by atoms with Crippen LogP contribution in [0.4, 0.5) is 4.79 Å². The molecule has 6 heteroatoms. The summed E-state index contributed by atoms with van der Waals surface area (Å²) in [5, 5.41) is 11.7. The minimum absolute atomic E-state index is 0.0828. The normalized spacial score (nSPS) is 42.1. The molecule has 3 saturated carbocycles. The van der Waals surface area contributed by atoms with Crippen LogP contribution in [0.15, 0.2) is 36.9 Å². The average Bonchev–Trinajstić information content (AvgIpc) is 3.23. The summed E-state index contributed by atoms with van der Waals surface area (Å²) in [6.07, 6.45) is 3.75. The molecule has 194 valence electrons. The summed E-state index contributed by atoms with van der Waals surface area (Å²) in [6.45, 7) is 12.6. The zero-order chi connectivity index (χ0) is 26.0. The molecule has 1 aromatic carbocycles. The van der Waals surface area contributed by atoms with Crippen LogP contribution in [0.25, 0.3) is 0 Å². The molecule has 8 atom stereocenters. The Balaban J connectivity index is 1.55. The monoisotopic (exact) mass is 493 g/mol. The van der Waals surface area contributed by atoms with Gasteiger partial charge in [-0.3, -0.25) is 9.59 Å². The lowest BCUT2D eigenvalue weighted by Gasteiger charge is -2.61. The van der Waals surface area contributed by atoms with Gasteiger partial charge in [0.25, 0.3) is 5.91 Å². The van der Waals surface area contributed by atoms with Crippen molar-refractivity contribution in [2.24, 2.45) is 34.0 Å². The molecule has 0 spiro atoms. The summed E-state index contributed by atoms with van der Waals surface area (Å²) in [5.41, 5.74) is -0.168. The first-order chi connectivity index (χ1) is 17.0. The van der Waals surface area contributed by atoms with Crippen molar-refractivity contribution >= 4 is 17.8 Å². The van der Waals surface area contributed by atoms with Crippen molar-refractivity contribution in [1.82, 2.24) is 4.90 Å². The highest BCUT2D eigenvalue weighted by Crippen LogP contribution is 2.68. The molecule has 0 unspecified atom stereocenters. The molecular formula is C30H39NO5. The molecule has 1 aromatic rings. The number of amides is 2. The van der Waals surface area contributed by atoms with E-state index in [2.05, 4.69) is 27.4 Å². The van der Waals surface area contributed by atoms with Crippen LogP contribution in [0.3, 0.4) is 0 Å². The number of imide groups is 1. The predicted molar refractivity (Wildman–Crippen MR) is 136 cm³/mol. The summed E-state index contributed by atoms with van der Waals surface area (Å²) in [7, 11) is 0. The van der Waals surface area contributed by atoms with Crippen LogP contribution in [0.1, 0.15) is 75.7 Å². The van der Waals surface area contributed by atoms with E-state index in [1.54, 1.807) is 18.2 Å². The number of fused-ring (bicyclic) bond motifs is 1. The Hall–Kier alpha value is -2.47. The molecule has 1 N–H and O–H groups in total. The number of carbonyl (C=O) groups is 3. The predicted octanol–water partition coefficient (Wildman–Crippen LogP) is 5.18. The van der Waals surface area contributed by atoms with Crippen molar-refractivity contribution < 1.29 is 24.2 Å². The van der Waals surface area contributed by atoms with E-state index in [9.17, 15) is 19.5 Å². The third kappa shape index (κ3) is 3.36. The lowest BCUT2D eigenvalue weighted by atomic mass is 9.44. The van der Waals surface area contributed by atoms with Gasteiger partial charge >= 0.3 is 6.09 Å². The van der Waals surface area contributed by atoms with Crippen LogP contribution in [-0.2, 0) is 16.0 Å². The number of carbonyl (C=O) groups excluding carboxylic acids is 3. The Bertz CT molecular complexity index is 1110. The van der Waals surface area contributed by atoms with Crippen LogP contribution >= 0.6 is 0 Å². The fourth-order valence-corrected chi connectivity index (χ4v) is 8.29. The molecule has 36 heavy (non-hydrogen) atoms. The third-order valence-electron chi connectivity index (χ3n) is 10.9. The zero-order valence-corrected chi connectivity index (χ0v) is 22.0. The Labute approximate surface area is 214 Å². The van der Waals surface area contributed by atoms with Crippen molar-refractivity contribution in [3.63, 3.8) is 0 Å². The Morgan fingerprint density at radius 3 is 2.61 bits per heavy atom. The van der Waals surface area contributed by atoms with Gasteiger partial charge in [-0.2, -0.15) is 0 Å². The van der Waals surface area contributed by atoms with Gasteiger partial charge in [0.1, 0.15) is 11.9 Å². The number of benzene rings is 1. The van der Waals surface area contributed by atoms with E-state index >= 15 is 0 Å². The molecular weight excluding hydrogens is 454 g/mol. The number of hydrogen-bond acceptors (Lipinski definition) is 5. The van der Waals surface area contributed by atoms with Crippen LogP contribution in [0, 0.1) is 34.0 Å². The highest BCUT2D eigenvalue weighted by Gasteiger charge is 2.68. The number of ketones is 1. The largest absolute Gasteiger partial charge is 0.445 e. The standard InChI is InChI=1S/C30H39NO5/c1-6-28(4)17-23(36-27(35)31-16-13-20-9-7-8-10-21(20)26(31)34)29(5)18(2)11-14-30(19(3)25(28)33)15-12-22(32)24(29)30/h6-10,18-19,23-25,33H,1,11-17H2,2-5H3/t18-,19+,23-,24+,25+,28-,29+,30+/m1/s1. The molecule has 2 bridgehead atoms. The van der Waals surface area contributed by atoms with Crippen LogP contribution in [0.2, 0.25) is 0 Å². The van der Waals surface area contributed by atoms with Gasteiger partial charge in [0, 0.05) is 35.3 Å². The van der Waals surface area contributed by atoms with E-state index in [4.69, 9.17) is 4.74 Å². The quantitative estimate of drug-likeness (QED) is 0.574. The maximum absolute atomic E-state index is 13.6. The SMILES string of the molecule is C=C[C@]1(C)C[C@@H](OC(=O)N2CCc3ccccc3C2=O)[C@]2(C)[C@H](C)CC[C@]3(CCC(=O)[C@H]32)[C@@H](C)[C@@H]1O. The first-order valence-electron chi connectivity index (χ1n) is 13.4. The maximum Gasteiger partial charge on any atom is 0.417 e. The zero-order valence-electron chi connectivity index (χ0n) is 22.0. The van der Waals surface area contributed by atoms with Crippen LogP contribution in [-0.4, -0.2) is 46.5 Å². The number of nitrogens with zero attached hydrogens (tertiary/aromatic N) is 1. The summed E-state index contributed by atoms with van der Waals surface area (Å²) in [5.74, 6) is -0.357. The molecule has 3 aliphatic carbocycles. The summed E-state index contributed by atoms with van der Waals surface area (Å²) >= 11 is 0. The molecule has 0 aromatic heterocycles. The molecule has 0 saturated heterocycles. The summed E-state index contributed by atoms with van der Waals surface area (Å²) in [6, 6.07) is 7.36. The van der Waals surface area contributed by atoms with Gasteiger partial charge in [0.15, 0.2) is 0 Å². The average molecular weight is 494 g/mol. The van der Waals surface area contributed by atoms with E-state index in [0.717, 1.165) is 24.8 Å². The van der Waals surface area contributed by atoms with Crippen molar-refractivity contribution in [3.05, 3.63) is 48.0 Å². The van der Waals surface area contributed by atoms with Gasteiger partial charge in [-0.15, -0.1) is 6.58 Å². The first-order valence-corrected chi connectivity index (χ1v) is 13.4. The molecule has 0 radical (unpaired) electrons. The number of aliphatic hydroxyl groups is 1. The van der Waals surface area contributed by atoms with Gasteiger partial charge in [0.05, 0.1) is 6.10 Å². The van der Waals surface area contributed by atoms with Gasteiger partial charge in [0.2, 0.25) is 0 Å². The lowest BCUT2D eigenvalue weighted by molar-refractivity contribution is -0.192. The molecule has 6 nitrogen and oxygen atoms in total. The van der Waals surface area contributed by atoms with Crippen LogP contribution < -0.4 is 0 Å². The smallest absolute Gasteiger partial charge is 0.417 e. The third-order valence-corrected chi connectivity index (χ3v) is 10.9. The first kappa shape index (κ1) is 25.2. The van der Waals surface area contributed by atoms with Crippen molar-refractivity contribution in [2.45, 2.75) is 78.4 Å². The second-order valence-electron chi connectivity index (χ2n) is 12.3. The van der Waals surface area contributed by atoms with Gasteiger partial charge in [-0.25, -0.2) is 9.69 Å². The van der Waals surface area contributed by atoms with Crippen molar-refractivity contribution in [2.75, 3.05) is 6.54 Å². The Morgan fingerprint density at radius 1 is 1.17 bits per heavy atom. The highest BCUT2D eigenvalue weighted by atomic mass is 16.6. The lowest BCUT2D eigenvalue weighted by Crippen LogP contribution is -2.63. The van der Waals surface area contributed by atoms with Crippen molar-refractivity contribution in [3.8, 4) is 0 Å². The van der Waals surface area contributed by atoms with Gasteiger partial charge in [-0.1, -0.05) is 52.0 Å². The second-order valence-corrected chi connectivity index (χ2v) is 12.3. The maximum atomic E-state index is 13.6. The van der Waals surface area contributed by atoms with E-state index in [0.29, 0.717) is 24.8 Å². The second kappa shape index (κ2) is 8.54. The molecule has 5 rings (SSSR count). The topological polar surface area (TPSA) is 83.9 Å². The number of rotatable bonds is 2. The number of hydrogen-bond donors (Lipinski definition) is 1. The number of aliphatic hydroxyl groups excluding tert-OH is 1. The minimum Gasteiger partial charge on any atom is -0.445 e. The fraction of sp³-hybridized carbons (Fsp3) is 0.633. The van der Waals surface area contributed by atoms with Crippen LogP contribution in [0.5, 0.6) is 0 Å². The highest BCUT2D eigenvalue weighted by molar-refractivity contribution is 6.04. The fourth-order valence-electron chi connectivity index (χ4n) is 8.29. The van der Waals surface area contributed by atoms with Gasteiger partial charge < -0.3 is 9.84 Å². The molecule has 1 heterocycles. The molecule has 2 amide bonds. The molecule has 4 aliphatic rings. The van der Waals surface area contributed by atoms with E-state index in [1.165, 1.54) is 4.90 Å². The summed E-state index contributed by atoms with van der Waals surface area (Å²) < 4.78 is 6.30.